The second-order valence-corrected chi connectivity index (χ2v) is 3.91. The van der Waals surface area contributed by atoms with Crippen molar-refractivity contribution in [3.8, 4) is 5.69 Å². The highest BCUT2D eigenvalue weighted by Crippen LogP contribution is 2.15. The topological polar surface area (TPSA) is 43.8 Å². The Labute approximate surface area is 106 Å². The van der Waals surface area contributed by atoms with E-state index in [4.69, 9.17) is 17.3 Å². The molecule has 1 aromatic heterocycles. The van der Waals surface area contributed by atoms with Gasteiger partial charge in [-0.25, -0.2) is 4.98 Å². The van der Waals surface area contributed by atoms with Gasteiger partial charge in [0.1, 0.15) is 0 Å². The van der Waals surface area contributed by atoms with Gasteiger partial charge < -0.3 is 10.3 Å². The summed E-state index contributed by atoms with van der Waals surface area (Å²) in [6.45, 7) is 1.91. The van der Waals surface area contributed by atoms with Crippen LogP contribution in [0.1, 0.15) is 18.7 Å². The number of hydrogen-bond acceptors (Lipinski definition) is 2. The summed E-state index contributed by atoms with van der Waals surface area (Å²) in [6.07, 6.45) is 3.68. The number of hydrogen-bond donors (Lipinski definition) is 1. The van der Waals surface area contributed by atoms with Crippen molar-refractivity contribution < 1.29 is 0 Å². The van der Waals surface area contributed by atoms with Crippen molar-refractivity contribution in [2.75, 3.05) is 0 Å². The first-order valence-electron chi connectivity index (χ1n) is 4.72. The molecule has 0 amide bonds. The van der Waals surface area contributed by atoms with Crippen LogP contribution in [0.25, 0.3) is 5.69 Å². The molecule has 0 aliphatic heterocycles. The number of benzene rings is 1. The number of aromatic nitrogens is 2. The largest absolute Gasteiger partial charge is 0.323 e. The van der Waals surface area contributed by atoms with E-state index < -0.39 is 0 Å². The van der Waals surface area contributed by atoms with Gasteiger partial charge in [-0.15, -0.1) is 12.4 Å². The smallest absolute Gasteiger partial charge is 0.0995 e. The molecule has 0 bridgehead atoms. The molecular formula is C11H13Cl2N3. The van der Waals surface area contributed by atoms with Gasteiger partial charge >= 0.3 is 0 Å². The molecule has 0 saturated heterocycles. The Kier molecular flexibility index (Phi) is 4.35. The van der Waals surface area contributed by atoms with Crippen LogP contribution >= 0.6 is 24.0 Å². The Hall–Kier alpha value is -1.03. The molecule has 1 heterocycles. The van der Waals surface area contributed by atoms with E-state index in [9.17, 15) is 0 Å². The minimum Gasteiger partial charge on any atom is -0.323 e. The summed E-state index contributed by atoms with van der Waals surface area (Å²) in [5.41, 5.74) is 7.64. The van der Waals surface area contributed by atoms with E-state index in [2.05, 4.69) is 4.98 Å². The second-order valence-electron chi connectivity index (χ2n) is 3.47. The second kappa shape index (κ2) is 5.34. The zero-order valence-corrected chi connectivity index (χ0v) is 10.4. The third-order valence-electron chi connectivity index (χ3n) is 2.19. The van der Waals surface area contributed by atoms with Gasteiger partial charge in [-0.05, 0) is 31.2 Å². The molecule has 1 unspecified atom stereocenters. The zero-order chi connectivity index (χ0) is 10.8. The fourth-order valence-electron chi connectivity index (χ4n) is 1.33. The Balaban J connectivity index is 0.00000128. The summed E-state index contributed by atoms with van der Waals surface area (Å²) in [7, 11) is 0. The number of rotatable bonds is 2. The van der Waals surface area contributed by atoms with Gasteiger partial charge in [0.15, 0.2) is 0 Å². The van der Waals surface area contributed by atoms with Crippen LogP contribution in [0.5, 0.6) is 0 Å². The van der Waals surface area contributed by atoms with Gasteiger partial charge in [0.2, 0.25) is 0 Å². The first-order valence-corrected chi connectivity index (χ1v) is 5.10. The molecule has 1 aromatic carbocycles. The standard InChI is InChI=1S/C11H12ClN3.ClH/c1-8(13)11-6-15(7-14-11)10-4-2-9(12)3-5-10;/h2-8H,13H2,1H3;1H. The van der Waals surface area contributed by atoms with Crippen LogP contribution in [-0.2, 0) is 0 Å². The summed E-state index contributed by atoms with van der Waals surface area (Å²) in [5.74, 6) is 0. The van der Waals surface area contributed by atoms with Crippen LogP contribution in [0.2, 0.25) is 5.02 Å². The molecule has 16 heavy (non-hydrogen) atoms. The number of halogens is 2. The summed E-state index contributed by atoms with van der Waals surface area (Å²) in [4.78, 5) is 4.22. The lowest BCUT2D eigenvalue weighted by atomic mass is 10.3. The first kappa shape index (κ1) is 13.0. The molecule has 0 saturated carbocycles. The van der Waals surface area contributed by atoms with Gasteiger partial charge in [-0.3, -0.25) is 0 Å². The highest BCUT2D eigenvalue weighted by Gasteiger charge is 2.04. The average Bonchev–Trinajstić information content (AvgIpc) is 2.68. The minimum atomic E-state index is -0.0430. The Morgan fingerprint density at radius 3 is 2.44 bits per heavy atom. The molecule has 0 radical (unpaired) electrons. The average molecular weight is 258 g/mol. The number of imidazole rings is 1. The third-order valence-corrected chi connectivity index (χ3v) is 2.45. The van der Waals surface area contributed by atoms with E-state index in [1.807, 2.05) is 42.0 Å². The van der Waals surface area contributed by atoms with Crippen molar-refractivity contribution in [1.29, 1.82) is 0 Å². The molecule has 0 aliphatic rings. The molecule has 2 N–H and O–H groups in total. The lowest BCUT2D eigenvalue weighted by molar-refractivity contribution is 0.788. The van der Waals surface area contributed by atoms with Crippen molar-refractivity contribution in [2.45, 2.75) is 13.0 Å². The van der Waals surface area contributed by atoms with E-state index in [1.165, 1.54) is 0 Å². The van der Waals surface area contributed by atoms with E-state index in [-0.39, 0.29) is 18.4 Å². The summed E-state index contributed by atoms with van der Waals surface area (Å²) in [6, 6.07) is 7.54. The van der Waals surface area contributed by atoms with E-state index in [0.29, 0.717) is 0 Å². The maximum atomic E-state index is 5.81. The Morgan fingerprint density at radius 2 is 1.94 bits per heavy atom. The Morgan fingerprint density at radius 1 is 1.31 bits per heavy atom. The lowest BCUT2D eigenvalue weighted by Gasteiger charge is -2.01. The summed E-state index contributed by atoms with van der Waals surface area (Å²) >= 11 is 5.81. The molecule has 2 aromatic rings. The SMILES string of the molecule is CC(N)c1cn(-c2ccc(Cl)cc2)cn1.Cl. The minimum absolute atomic E-state index is 0. The maximum absolute atomic E-state index is 5.81. The fraction of sp³-hybridized carbons (Fsp3) is 0.182. The fourth-order valence-corrected chi connectivity index (χ4v) is 1.45. The molecule has 5 heteroatoms. The molecule has 3 nitrogen and oxygen atoms in total. The Bertz CT molecular complexity index is 449. The van der Waals surface area contributed by atoms with Gasteiger partial charge in [-0.2, -0.15) is 0 Å². The molecule has 0 fully saturated rings. The highest BCUT2D eigenvalue weighted by molar-refractivity contribution is 6.30. The number of nitrogens with zero attached hydrogens (tertiary/aromatic N) is 2. The molecular weight excluding hydrogens is 245 g/mol. The number of nitrogens with two attached hydrogens (primary N) is 1. The summed E-state index contributed by atoms with van der Waals surface area (Å²) in [5, 5.41) is 0.728. The van der Waals surface area contributed by atoms with Crippen LogP contribution in [0.4, 0.5) is 0 Å². The zero-order valence-electron chi connectivity index (χ0n) is 8.80. The van der Waals surface area contributed by atoms with E-state index in [0.717, 1.165) is 16.4 Å². The quantitative estimate of drug-likeness (QED) is 0.899. The van der Waals surface area contributed by atoms with E-state index >= 15 is 0 Å². The predicted octanol–water partition coefficient (Wildman–Crippen LogP) is 2.97. The van der Waals surface area contributed by atoms with Crippen molar-refractivity contribution >= 4 is 24.0 Å². The van der Waals surface area contributed by atoms with Gasteiger partial charge in [-0.1, -0.05) is 11.6 Å². The van der Waals surface area contributed by atoms with Gasteiger partial charge in [0.25, 0.3) is 0 Å². The summed E-state index contributed by atoms with van der Waals surface area (Å²) < 4.78 is 1.93. The third kappa shape index (κ3) is 2.76. The molecule has 1 atom stereocenters. The van der Waals surface area contributed by atoms with E-state index in [1.54, 1.807) is 6.33 Å². The van der Waals surface area contributed by atoms with Crippen LogP contribution in [-0.4, -0.2) is 9.55 Å². The molecule has 86 valence electrons. The normalized spacial score (nSPS) is 11.9. The van der Waals surface area contributed by atoms with Crippen molar-refractivity contribution in [3.05, 3.63) is 47.5 Å². The van der Waals surface area contributed by atoms with Gasteiger partial charge in [0.05, 0.1) is 12.0 Å². The van der Waals surface area contributed by atoms with Crippen molar-refractivity contribution in [1.82, 2.24) is 9.55 Å². The van der Waals surface area contributed by atoms with Crippen LogP contribution in [0.3, 0.4) is 0 Å². The maximum Gasteiger partial charge on any atom is 0.0995 e. The van der Waals surface area contributed by atoms with Crippen molar-refractivity contribution in [3.63, 3.8) is 0 Å². The predicted molar refractivity (Wildman–Crippen MR) is 68.4 cm³/mol. The monoisotopic (exact) mass is 257 g/mol. The molecule has 2 rings (SSSR count). The van der Waals surface area contributed by atoms with Gasteiger partial charge in [0, 0.05) is 22.9 Å². The molecule has 0 aliphatic carbocycles. The van der Waals surface area contributed by atoms with Crippen LogP contribution in [0, 0.1) is 0 Å². The van der Waals surface area contributed by atoms with Crippen LogP contribution < -0.4 is 5.73 Å². The highest BCUT2D eigenvalue weighted by atomic mass is 35.5. The lowest BCUT2D eigenvalue weighted by Crippen LogP contribution is -2.04. The molecule has 0 spiro atoms. The van der Waals surface area contributed by atoms with Crippen LogP contribution in [0.15, 0.2) is 36.8 Å². The van der Waals surface area contributed by atoms with Crippen molar-refractivity contribution in [2.24, 2.45) is 5.73 Å². The first-order chi connectivity index (χ1) is 7.16.